The monoisotopic (exact) mass is 430 g/mol. The summed E-state index contributed by atoms with van der Waals surface area (Å²) in [5, 5.41) is 1.04. The summed E-state index contributed by atoms with van der Waals surface area (Å²) in [6.45, 7) is 2.19. The van der Waals surface area contributed by atoms with Gasteiger partial charge in [0.25, 0.3) is 0 Å². The second kappa shape index (κ2) is 7.15. The minimum Gasteiger partial charge on any atom is -0.0928 e. The molecular formula is C20H21BBr2. The Balaban J connectivity index is 2.23. The van der Waals surface area contributed by atoms with Crippen molar-refractivity contribution in [2.75, 3.05) is 5.33 Å². The van der Waals surface area contributed by atoms with Crippen molar-refractivity contribution in [2.45, 2.75) is 44.3 Å². The summed E-state index contributed by atoms with van der Waals surface area (Å²) in [6.07, 6.45) is 5.26. The number of aryl methyl sites for hydroxylation is 1. The number of hydrogen-bond donors (Lipinski definition) is 0. The Bertz CT molecular complexity index is 647. The van der Waals surface area contributed by atoms with Crippen molar-refractivity contribution in [3.63, 3.8) is 0 Å². The lowest BCUT2D eigenvalue weighted by Crippen LogP contribution is -2.25. The summed E-state index contributed by atoms with van der Waals surface area (Å²) in [7, 11) is 5.88. The van der Waals surface area contributed by atoms with Crippen molar-refractivity contribution >= 4 is 39.7 Å². The molecule has 0 aromatic heterocycles. The first kappa shape index (κ1) is 17.3. The van der Waals surface area contributed by atoms with Gasteiger partial charge in [0.15, 0.2) is 0 Å². The fourth-order valence-electron chi connectivity index (χ4n) is 4.02. The van der Waals surface area contributed by atoms with Gasteiger partial charge in [0.1, 0.15) is 0 Å². The molecule has 0 nitrogen and oxygen atoms in total. The largest absolute Gasteiger partial charge is 0.0928 e. The standard InChI is InChI=1S/C20H21BBr2/c1-14-4-6-16-17-7-5-15(23)13-19(17)20(8-2-10-21,9-3-11-22)18(16)12-14/h4-7,12-13H,2-3,8-11H2,1H3. The van der Waals surface area contributed by atoms with E-state index >= 15 is 0 Å². The quantitative estimate of drug-likeness (QED) is 0.358. The Kier molecular flexibility index (Phi) is 5.37. The predicted octanol–water partition coefficient (Wildman–Crippen LogP) is 6.57. The Morgan fingerprint density at radius 1 is 0.957 bits per heavy atom. The van der Waals surface area contributed by atoms with E-state index in [0.29, 0.717) is 0 Å². The summed E-state index contributed by atoms with van der Waals surface area (Å²) in [4.78, 5) is 0. The number of benzene rings is 2. The molecule has 1 unspecified atom stereocenters. The predicted molar refractivity (Wildman–Crippen MR) is 108 cm³/mol. The van der Waals surface area contributed by atoms with Gasteiger partial charge in [-0.25, -0.2) is 0 Å². The van der Waals surface area contributed by atoms with E-state index in [4.69, 9.17) is 7.85 Å². The molecule has 0 fully saturated rings. The summed E-state index contributed by atoms with van der Waals surface area (Å²) in [6, 6.07) is 13.7. The van der Waals surface area contributed by atoms with Gasteiger partial charge in [0.2, 0.25) is 0 Å². The van der Waals surface area contributed by atoms with Gasteiger partial charge in [-0.15, -0.1) is 0 Å². The number of hydrogen-bond acceptors (Lipinski definition) is 0. The molecule has 1 atom stereocenters. The lowest BCUT2D eigenvalue weighted by molar-refractivity contribution is 0.437. The first-order chi connectivity index (χ1) is 11.1. The van der Waals surface area contributed by atoms with Crippen LogP contribution in [0.15, 0.2) is 40.9 Å². The zero-order chi connectivity index (χ0) is 16.4. The van der Waals surface area contributed by atoms with E-state index in [2.05, 4.69) is 75.2 Å². The fraction of sp³-hybridized carbons (Fsp3) is 0.400. The van der Waals surface area contributed by atoms with Gasteiger partial charge in [0.05, 0.1) is 7.85 Å². The Labute approximate surface area is 157 Å². The van der Waals surface area contributed by atoms with E-state index in [1.54, 1.807) is 0 Å². The molecule has 1 aliphatic rings. The molecule has 0 aliphatic heterocycles. The van der Waals surface area contributed by atoms with Crippen molar-refractivity contribution < 1.29 is 0 Å². The zero-order valence-electron chi connectivity index (χ0n) is 13.5. The smallest absolute Gasteiger partial charge is 0.0653 e. The highest BCUT2D eigenvalue weighted by Gasteiger charge is 2.42. The van der Waals surface area contributed by atoms with Gasteiger partial charge < -0.3 is 0 Å². The van der Waals surface area contributed by atoms with E-state index in [1.807, 2.05) is 0 Å². The molecule has 0 bridgehead atoms. The van der Waals surface area contributed by atoms with Crippen LogP contribution in [0.1, 0.15) is 42.4 Å². The molecule has 0 heterocycles. The third-order valence-electron chi connectivity index (χ3n) is 5.02. The SMILES string of the molecule is [B]CCCC1(CCCBr)c2cc(C)ccc2-c2ccc(Br)cc21. The molecule has 1 aliphatic carbocycles. The second-order valence-corrected chi connectivity index (χ2v) is 8.21. The molecule has 0 saturated carbocycles. The van der Waals surface area contributed by atoms with Crippen LogP contribution in [0.3, 0.4) is 0 Å². The van der Waals surface area contributed by atoms with Crippen LogP contribution in [-0.4, -0.2) is 13.2 Å². The van der Waals surface area contributed by atoms with Crippen molar-refractivity contribution in [3.8, 4) is 11.1 Å². The number of halogens is 2. The summed E-state index contributed by atoms with van der Waals surface area (Å²) < 4.78 is 1.16. The van der Waals surface area contributed by atoms with Gasteiger partial charge in [-0.2, -0.15) is 0 Å². The van der Waals surface area contributed by atoms with Gasteiger partial charge in [-0.1, -0.05) is 74.4 Å². The molecule has 3 rings (SSSR count). The molecule has 2 aromatic carbocycles. The molecule has 0 N–H and O–H groups in total. The van der Waals surface area contributed by atoms with Crippen molar-refractivity contribution in [2.24, 2.45) is 0 Å². The normalized spacial score (nSPS) is 18.7. The van der Waals surface area contributed by atoms with Crippen LogP contribution in [0.25, 0.3) is 11.1 Å². The number of fused-ring (bicyclic) bond motifs is 3. The summed E-state index contributed by atoms with van der Waals surface area (Å²) in [5.41, 5.74) is 7.22. The first-order valence-electron chi connectivity index (χ1n) is 8.30. The summed E-state index contributed by atoms with van der Waals surface area (Å²) in [5.74, 6) is 0. The van der Waals surface area contributed by atoms with Crippen LogP contribution < -0.4 is 0 Å². The molecule has 0 amide bonds. The first-order valence-corrected chi connectivity index (χ1v) is 10.2. The molecule has 118 valence electrons. The Hall–Kier alpha value is -0.535. The fourth-order valence-corrected chi connectivity index (χ4v) is 4.66. The van der Waals surface area contributed by atoms with Crippen LogP contribution in [0.5, 0.6) is 0 Å². The third kappa shape index (κ3) is 3.07. The number of alkyl halides is 1. The molecule has 23 heavy (non-hydrogen) atoms. The maximum Gasteiger partial charge on any atom is 0.0653 e. The number of rotatable bonds is 6. The van der Waals surface area contributed by atoms with Crippen molar-refractivity contribution in [3.05, 3.63) is 57.6 Å². The highest BCUT2D eigenvalue weighted by molar-refractivity contribution is 9.10. The van der Waals surface area contributed by atoms with Gasteiger partial charge in [0, 0.05) is 15.2 Å². The second-order valence-electron chi connectivity index (χ2n) is 6.51. The maximum atomic E-state index is 5.88. The van der Waals surface area contributed by atoms with Crippen LogP contribution in [-0.2, 0) is 5.41 Å². The lowest BCUT2D eigenvalue weighted by Gasteiger charge is -2.33. The highest BCUT2D eigenvalue weighted by atomic mass is 79.9. The van der Waals surface area contributed by atoms with Crippen LogP contribution >= 0.6 is 31.9 Å². The highest BCUT2D eigenvalue weighted by Crippen LogP contribution is 2.54. The van der Waals surface area contributed by atoms with Crippen LogP contribution in [0, 0.1) is 6.92 Å². The molecule has 2 aromatic rings. The topological polar surface area (TPSA) is 0 Å². The Morgan fingerprint density at radius 3 is 2.30 bits per heavy atom. The van der Waals surface area contributed by atoms with Gasteiger partial charge in [-0.05, 0) is 60.6 Å². The molecule has 2 radical (unpaired) electrons. The average molecular weight is 432 g/mol. The average Bonchev–Trinajstić information content (AvgIpc) is 2.80. The molecular weight excluding hydrogens is 411 g/mol. The van der Waals surface area contributed by atoms with Crippen molar-refractivity contribution in [1.29, 1.82) is 0 Å². The Morgan fingerprint density at radius 2 is 1.61 bits per heavy atom. The van der Waals surface area contributed by atoms with Gasteiger partial charge >= 0.3 is 0 Å². The van der Waals surface area contributed by atoms with E-state index in [9.17, 15) is 0 Å². The van der Waals surface area contributed by atoms with E-state index in [0.717, 1.165) is 35.4 Å². The third-order valence-corrected chi connectivity index (χ3v) is 6.08. The lowest BCUT2D eigenvalue weighted by atomic mass is 9.70. The van der Waals surface area contributed by atoms with E-state index in [-0.39, 0.29) is 5.41 Å². The zero-order valence-corrected chi connectivity index (χ0v) is 16.7. The van der Waals surface area contributed by atoms with Crippen molar-refractivity contribution in [1.82, 2.24) is 0 Å². The minimum atomic E-state index is 0.105. The molecule has 3 heteroatoms. The minimum absolute atomic E-state index is 0.105. The molecule has 0 spiro atoms. The van der Waals surface area contributed by atoms with Gasteiger partial charge in [-0.3, -0.25) is 0 Å². The summed E-state index contributed by atoms with van der Waals surface area (Å²) >= 11 is 7.30. The molecule has 0 saturated heterocycles. The maximum absolute atomic E-state index is 5.88. The van der Waals surface area contributed by atoms with E-state index in [1.165, 1.54) is 34.2 Å². The van der Waals surface area contributed by atoms with Crippen LogP contribution in [0.2, 0.25) is 6.32 Å². The van der Waals surface area contributed by atoms with E-state index < -0.39 is 0 Å². The van der Waals surface area contributed by atoms with Crippen LogP contribution in [0.4, 0.5) is 0 Å².